The number of hydrogen-bond acceptors (Lipinski definition) is 3. The van der Waals surface area contributed by atoms with Gasteiger partial charge in [-0.25, -0.2) is 0 Å². The minimum absolute atomic E-state index is 0. The molecule has 1 heterocycles. The average molecular weight is 363 g/mol. The first-order chi connectivity index (χ1) is 11.3. The molecule has 24 heavy (non-hydrogen) atoms. The normalized spacial score (nSPS) is 17.3. The monoisotopic (exact) mass is 362 g/mol. The third-order valence-electron chi connectivity index (χ3n) is 4.29. The van der Waals surface area contributed by atoms with E-state index in [1.165, 1.54) is 16.7 Å². The van der Waals surface area contributed by atoms with Gasteiger partial charge in [-0.15, -0.1) is 12.4 Å². The van der Waals surface area contributed by atoms with Gasteiger partial charge in [-0.05, 0) is 29.5 Å². The quantitative estimate of drug-likeness (QED) is 0.716. The van der Waals surface area contributed by atoms with Crippen molar-refractivity contribution in [1.29, 1.82) is 0 Å². The molecule has 1 amide bonds. The highest BCUT2D eigenvalue weighted by Crippen LogP contribution is 2.16. The van der Waals surface area contributed by atoms with E-state index in [1.807, 2.05) is 30.3 Å². The lowest BCUT2D eigenvalue weighted by atomic mass is 9.95. The predicted molar refractivity (Wildman–Crippen MR) is 104 cm³/mol. The summed E-state index contributed by atoms with van der Waals surface area (Å²) in [6, 6.07) is 18.4. The van der Waals surface area contributed by atoms with Crippen LogP contribution in [0.5, 0.6) is 0 Å². The summed E-state index contributed by atoms with van der Waals surface area (Å²) in [7, 11) is 0. The summed E-state index contributed by atoms with van der Waals surface area (Å²) in [5.41, 5.74) is 3.76. The van der Waals surface area contributed by atoms with Crippen LogP contribution in [0.1, 0.15) is 16.7 Å². The van der Waals surface area contributed by atoms with E-state index in [4.69, 9.17) is 0 Å². The van der Waals surface area contributed by atoms with Gasteiger partial charge in [0.25, 0.3) is 0 Å². The SMILES string of the molecule is Cl.O=C(N[C@@H](CS)Cc1ccccc1)C1Cc2ccccc2CN1. The number of nitrogens with one attached hydrogen (secondary N) is 2. The molecule has 3 nitrogen and oxygen atoms in total. The molecule has 0 aliphatic carbocycles. The van der Waals surface area contributed by atoms with Crippen molar-refractivity contribution in [3.8, 4) is 0 Å². The van der Waals surface area contributed by atoms with Crippen LogP contribution < -0.4 is 10.6 Å². The maximum Gasteiger partial charge on any atom is 0.237 e. The van der Waals surface area contributed by atoms with Crippen molar-refractivity contribution in [2.45, 2.75) is 31.5 Å². The highest BCUT2D eigenvalue weighted by molar-refractivity contribution is 7.80. The zero-order valence-corrected chi connectivity index (χ0v) is 15.2. The van der Waals surface area contributed by atoms with Crippen molar-refractivity contribution in [2.75, 3.05) is 5.75 Å². The van der Waals surface area contributed by atoms with Gasteiger partial charge < -0.3 is 10.6 Å². The molecule has 2 aromatic carbocycles. The van der Waals surface area contributed by atoms with Crippen molar-refractivity contribution in [2.24, 2.45) is 0 Å². The molecular formula is C19H23ClN2OS. The summed E-state index contributed by atoms with van der Waals surface area (Å²) in [5.74, 6) is 0.693. The van der Waals surface area contributed by atoms with E-state index in [1.54, 1.807) is 0 Å². The number of hydrogen-bond donors (Lipinski definition) is 3. The Morgan fingerprint density at radius 1 is 1.12 bits per heavy atom. The van der Waals surface area contributed by atoms with Gasteiger partial charge in [-0.3, -0.25) is 4.79 Å². The van der Waals surface area contributed by atoms with E-state index in [2.05, 4.69) is 47.5 Å². The molecule has 0 saturated carbocycles. The first kappa shape index (κ1) is 18.8. The summed E-state index contributed by atoms with van der Waals surface area (Å²) in [6.07, 6.45) is 1.55. The minimum Gasteiger partial charge on any atom is -0.351 e. The van der Waals surface area contributed by atoms with Crippen molar-refractivity contribution >= 4 is 30.9 Å². The van der Waals surface area contributed by atoms with Gasteiger partial charge in [0.15, 0.2) is 0 Å². The first-order valence-electron chi connectivity index (χ1n) is 8.01. The molecule has 0 saturated heterocycles. The molecule has 0 radical (unpaired) electrons. The summed E-state index contributed by atoms with van der Waals surface area (Å²) < 4.78 is 0. The molecule has 5 heteroatoms. The standard InChI is InChI=1S/C19H22N2OS.ClH/c22-19(18-11-15-8-4-5-9-16(15)12-20-18)21-17(13-23)10-14-6-2-1-3-7-14;/h1-9,17-18,20,23H,10-13H2,(H,21,22);1H/t17-,18?;/m1./s1. The maximum atomic E-state index is 12.6. The van der Waals surface area contributed by atoms with E-state index >= 15 is 0 Å². The maximum absolute atomic E-state index is 12.6. The Morgan fingerprint density at radius 3 is 2.50 bits per heavy atom. The van der Waals surface area contributed by atoms with Crippen LogP contribution >= 0.6 is 25.0 Å². The summed E-state index contributed by atoms with van der Waals surface area (Å²) in [4.78, 5) is 12.6. The number of thiol groups is 1. The summed E-state index contributed by atoms with van der Waals surface area (Å²) in [5, 5.41) is 6.47. The van der Waals surface area contributed by atoms with Crippen molar-refractivity contribution < 1.29 is 4.79 Å². The Hall–Kier alpha value is -1.49. The fraction of sp³-hybridized carbons (Fsp3) is 0.316. The van der Waals surface area contributed by atoms with Crippen molar-refractivity contribution in [3.05, 3.63) is 71.3 Å². The third kappa shape index (κ3) is 4.76. The number of halogens is 1. The van der Waals surface area contributed by atoms with Gasteiger partial charge in [0.2, 0.25) is 5.91 Å². The summed E-state index contributed by atoms with van der Waals surface area (Å²) in [6.45, 7) is 0.748. The second-order valence-corrected chi connectivity index (χ2v) is 6.35. The number of amides is 1. The molecule has 2 aromatic rings. The fourth-order valence-electron chi connectivity index (χ4n) is 3.00. The van der Waals surface area contributed by atoms with Crippen molar-refractivity contribution in [1.82, 2.24) is 10.6 Å². The molecule has 128 valence electrons. The molecule has 0 fully saturated rings. The van der Waals surface area contributed by atoms with E-state index in [9.17, 15) is 4.79 Å². The van der Waals surface area contributed by atoms with Gasteiger partial charge >= 0.3 is 0 Å². The zero-order chi connectivity index (χ0) is 16.1. The van der Waals surface area contributed by atoms with Gasteiger partial charge in [0, 0.05) is 18.3 Å². The van der Waals surface area contributed by atoms with Crippen LogP contribution in [0, 0.1) is 0 Å². The van der Waals surface area contributed by atoms with Gasteiger partial charge in [0.05, 0.1) is 6.04 Å². The number of fused-ring (bicyclic) bond motifs is 1. The molecule has 0 bridgehead atoms. The Balaban J connectivity index is 0.00000208. The lowest BCUT2D eigenvalue weighted by Gasteiger charge is -2.27. The number of rotatable bonds is 5. The topological polar surface area (TPSA) is 41.1 Å². The Bertz CT molecular complexity index is 665. The molecule has 1 aliphatic heterocycles. The lowest BCUT2D eigenvalue weighted by Crippen LogP contribution is -2.51. The molecule has 3 rings (SSSR count). The highest BCUT2D eigenvalue weighted by atomic mass is 35.5. The molecule has 0 spiro atoms. The molecule has 1 aliphatic rings. The third-order valence-corrected chi connectivity index (χ3v) is 4.73. The van der Waals surface area contributed by atoms with Crippen LogP contribution in [0.4, 0.5) is 0 Å². The smallest absolute Gasteiger partial charge is 0.237 e. The Labute approximate surface area is 155 Å². The number of carbonyl (C=O) groups excluding carboxylic acids is 1. The van der Waals surface area contributed by atoms with Crippen molar-refractivity contribution in [3.63, 3.8) is 0 Å². The van der Waals surface area contributed by atoms with Crippen LogP contribution in [-0.2, 0) is 24.2 Å². The van der Waals surface area contributed by atoms with Crippen LogP contribution in [0.25, 0.3) is 0 Å². The number of benzene rings is 2. The Morgan fingerprint density at radius 2 is 1.79 bits per heavy atom. The molecule has 1 unspecified atom stereocenters. The van der Waals surface area contributed by atoms with Gasteiger partial charge in [-0.1, -0.05) is 54.6 Å². The number of carbonyl (C=O) groups is 1. The fourth-order valence-corrected chi connectivity index (χ4v) is 3.22. The predicted octanol–water partition coefficient (Wildman–Crippen LogP) is 2.78. The second kappa shape index (κ2) is 9.11. The van der Waals surface area contributed by atoms with E-state index in [0.29, 0.717) is 5.75 Å². The largest absolute Gasteiger partial charge is 0.351 e. The molecule has 0 aromatic heterocycles. The van der Waals surface area contributed by atoms with Gasteiger partial charge in [0.1, 0.15) is 0 Å². The van der Waals surface area contributed by atoms with Crippen LogP contribution in [0.3, 0.4) is 0 Å². The summed E-state index contributed by atoms with van der Waals surface area (Å²) >= 11 is 4.39. The van der Waals surface area contributed by atoms with E-state index in [0.717, 1.165) is 19.4 Å². The molecule has 2 atom stereocenters. The van der Waals surface area contributed by atoms with Crippen LogP contribution in [-0.4, -0.2) is 23.7 Å². The van der Waals surface area contributed by atoms with E-state index in [-0.39, 0.29) is 30.4 Å². The van der Waals surface area contributed by atoms with Crippen LogP contribution in [0.2, 0.25) is 0 Å². The van der Waals surface area contributed by atoms with Crippen LogP contribution in [0.15, 0.2) is 54.6 Å². The van der Waals surface area contributed by atoms with Gasteiger partial charge in [-0.2, -0.15) is 12.6 Å². The lowest BCUT2D eigenvalue weighted by molar-refractivity contribution is -0.123. The Kier molecular flexibility index (Phi) is 7.16. The molecular weight excluding hydrogens is 340 g/mol. The average Bonchev–Trinajstić information content (AvgIpc) is 2.61. The zero-order valence-electron chi connectivity index (χ0n) is 13.4. The second-order valence-electron chi connectivity index (χ2n) is 5.98. The highest BCUT2D eigenvalue weighted by Gasteiger charge is 2.25. The molecule has 2 N–H and O–H groups in total. The van der Waals surface area contributed by atoms with E-state index < -0.39 is 0 Å². The first-order valence-corrected chi connectivity index (χ1v) is 8.65. The minimum atomic E-state index is -0.164.